The summed E-state index contributed by atoms with van der Waals surface area (Å²) in [6, 6.07) is 9.51. The third kappa shape index (κ3) is 3.30. The number of rotatable bonds is 3. The summed E-state index contributed by atoms with van der Waals surface area (Å²) in [5, 5.41) is 6.45. The molecule has 5 heteroatoms. The number of hydrogen-bond acceptors (Lipinski definition) is 3. The Kier molecular flexibility index (Phi) is 4.75. The van der Waals surface area contributed by atoms with Crippen molar-refractivity contribution >= 4 is 11.8 Å². The Morgan fingerprint density at radius 2 is 1.88 bits per heavy atom. The number of amides is 2. The molecule has 2 N–H and O–H groups in total. The second kappa shape index (κ2) is 7.16. The number of nitrogens with zero attached hydrogens (tertiary/aromatic N) is 1. The Balaban J connectivity index is 1.56. The summed E-state index contributed by atoms with van der Waals surface area (Å²) in [6.45, 7) is 1.78. The monoisotopic (exact) mass is 341 g/mol. The molecule has 1 aromatic rings. The summed E-state index contributed by atoms with van der Waals surface area (Å²) in [7, 11) is 0. The second-order valence-electron chi connectivity index (χ2n) is 7.64. The van der Waals surface area contributed by atoms with Crippen LogP contribution in [0.3, 0.4) is 0 Å². The highest BCUT2D eigenvalue weighted by Gasteiger charge is 2.47. The molecule has 134 valence electrons. The molecule has 1 aliphatic carbocycles. The molecule has 4 unspecified atom stereocenters. The van der Waals surface area contributed by atoms with Crippen molar-refractivity contribution in [1.29, 1.82) is 0 Å². The largest absolute Gasteiger partial charge is 0.350 e. The van der Waals surface area contributed by atoms with E-state index in [-0.39, 0.29) is 29.9 Å². The maximum atomic E-state index is 13.2. The van der Waals surface area contributed by atoms with Crippen molar-refractivity contribution in [2.45, 2.75) is 56.7 Å². The van der Waals surface area contributed by atoms with Gasteiger partial charge in [-0.1, -0.05) is 31.0 Å². The van der Waals surface area contributed by atoms with Gasteiger partial charge in [0.1, 0.15) is 6.04 Å². The van der Waals surface area contributed by atoms with Crippen molar-refractivity contribution < 1.29 is 9.59 Å². The van der Waals surface area contributed by atoms with E-state index in [4.69, 9.17) is 0 Å². The van der Waals surface area contributed by atoms with Crippen molar-refractivity contribution in [3.8, 4) is 0 Å². The van der Waals surface area contributed by atoms with Crippen LogP contribution in [0.15, 0.2) is 30.3 Å². The number of nitrogens with one attached hydrogen (secondary N) is 2. The average Bonchev–Trinajstić information content (AvgIpc) is 3.29. The van der Waals surface area contributed by atoms with Crippen LogP contribution in [0, 0.1) is 5.92 Å². The van der Waals surface area contributed by atoms with Crippen molar-refractivity contribution in [1.82, 2.24) is 15.5 Å². The predicted molar refractivity (Wildman–Crippen MR) is 96.2 cm³/mol. The molecule has 2 aliphatic heterocycles. The van der Waals surface area contributed by atoms with Gasteiger partial charge in [-0.3, -0.25) is 9.59 Å². The Morgan fingerprint density at radius 3 is 2.64 bits per heavy atom. The number of likely N-dealkylation sites (tertiary alicyclic amines) is 1. The molecule has 0 bridgehead atoms. The molecular weight excluding hydrogens is 314 g/mol. The maximum Gasteiger partial charge on any atom is 0.254 e. The quantitative estimate of drug-likeness (QED) is 0.883. The lowest BCUT2D eigenvalue weighted by Gasteiger charge is -2.34. The lowest BCUT2D eigenvalue weighted by atomic mass is 9.84. The maximum absolute atomic E-state index is 13.2. The number of fused-ring (bicyclic) bond motifs is 1. The van der Waals surface area contributed by atoms with Crippen molar-refractivity contribution in [3.05, 3.63) is 35.9 Å². The summed E-state index contributed by atoms with van der Waals surface area (Å²) >= 11 is 0. The van der Waals surface area contributed by atoms with Crippen LogP contribution in [0.25, 0.3) is 0 Å². The van der Waals surface area contributed by atoms with Crippen LogP contribution in [0.2, 0.25) is 0 Å². The Labute approximate surface area is 149 Å². The molecule has 3 fully saturated rings. The topological polar surface area (TPSA) is 61.4 Å². The summed E-state index contributed by atoms with van der Waals surface area (Å²) in [4.78, 5) is 28.1. The molecule has 25 heavy (non-hydrogen) atoms. The first-order valence-electron chi connectivity index (χ1n) is 9.63. The van der Waals surface area contributed by atoms with Gasteiger partial charge in [0.15, 0.2) is 0 Å². The van der Waals surface area contributed by atoms with E-state index in [2.05, 4.69) is 10.6 Å². The summed E-state index contributed by atoms with van der Waals surface area (Å²) in [5.41, 5.74) is 0.689. The van der Waals surface area contributed by atoms with Crippen LogP contribution in [-0.4, -0.2) is 47.9 Å². The van der Waals surface area contributed by atoms with Gasteiger partial charge in [-0.15, -0.1) is 0 Å². The predicted octanol–water partition coefficient (Wildman–Crippen LogP) is 1.94. The van der Waals surface area contributed by atoms with E-state index in [0.29, 0.717) is 11.5 Å². The summed E-state index contributed by atoms with van der Waals surface area (Å²) < 4.78 is 0. The van der Waals surface area contributed by atoms with E-state index >= 15 is 0 Å². The molecule has 3 aliphatic rings. The first-order valence-corrected chi connectivity index (χ1v) is 9.63. The number of carbonyl (C=O) groups is 2. The minimum absolute atomic E-state index is 0.0136. The fourth-order valence-corrected chi connectivity index (χ4v) is 4.79. The van der Waals surface area contributed by atoms with Gasteiger partial charge in [0.25, 0.3) is 5.91 Å². The molecule has 2 amide bonds. The van der Waals surface area contributed by atoms with Gasteiger partial charge in [-0.2, -0.15) is 0 Å². The van der Waals surface area contributed by atoms with Gasteiger partial charge in [-0.25, -0.2) is 0 Å². The Morgan fingerprint density at radius 1 is 1.08 bits per heavy atom. The van der Waals surface area contributed by atoms with E-state index in [0.717, 1.165) is 45.2 Å². The zero-order chi connectivity index (χ0) is 17.2. The Hall–Kier alpha value is -1.88. The van der Waals surface area contributed by atoms with Crippen LogP contribution in [-0.2, 0) is 4.79 Å². The molecule has 2 heterocycles. The zero-order valence-corrected chi connectivity index (χ0v) is 14.6. The van der Waals surface area contributed by atoms with Crippen molar-refractivity contribution in [3.63, 3.8) is 0 Å². The molecule has 0 aromatic heterocycles. The minimum Gasteiger partial charge on any atom is -0.350 e. The first-order chi connectivity index (χ1) is 12.2. The van der Waals surface area contributed by atoms with Crippen LogP contribution in [0.4, 0.5) is 0 Å². The van der Waals surface area contributed by atoms with E-state index in [9.17, 15) is 9.59 Å². The highest BCUT2D eigenvalue weighted by molar-refractivity contribution is 5.98. The lowest BCUT2D eigenvalue weighted by molar-refractivity contribution is -0.125. The van der Waals surface area contributed by atoms with Crippen LogP contribution >= 0.6 is 0 Å². The van der Waals surface area contributed by atoms with Crippen molar-refractivity contribution in [2.24, 2.45) is 5.92 Å². The van der Waals surface area contributed by atoms with Crippen LogP contribution in [0.5, 0.6) is 0 Å². The molecule has 4 atom stereocenters. The molecule has 0 spiro atoms. The second-order valence-corrected chi connectivity index (χ2v) is 7.64. The van der Waals surface area contributed by atoms with Crippen LogP contribution < -0.4 is 10.6 Å². The van der Waals surface area contributed by atoms with Gasteiger partial charge in [0.2, 0.25) is 5.91 Å². The Bertz CT molecular complexity index is 627. The number of carbonyl (C=O) groups excluding carboxylic acids is 2. The zero-order valence-electron chi connectivity index (χ0n) is 14.6. The average molecular weight is 341 g/mol. The summed E-state index contributed by atoms with van der Waals surface area (Å²) in [5.74, 6) is 0.519. The molecular formula is C20H27N3O2. The SMILES string of the molecule is O=C(NC1CCNC1)C1CC2CCCCC2N1C(=O)c1ccccc1. The first kappa shape index (κ1) is 16.6. The van der Waals surface area contributed by atoms with E-state index in [1.54, 1.807) is 0 Å². The lowest BCUT2D eigenvalue weighted by Crippen LogP contribution is -2.51. The standard InChI is InChI=1S/C20H27N3O2/c24-19(22-16-10-11-21-13-16)18-12-15-8-4-5-9-17(15)23(18)20(25)14-6-2-1-3-7-14/h1-3,6-7,15-18,21H,4-5,8-13H2,(H,22,24). The molecule has 4 rings (SSSR count). The van der Waals surface area contributed by atoms with Crippen LogP contribution in [0.1, 0.15) is 48.9 Å². The molecule has 0 radical (unpaired) electrons. The third-order valence-corrected chi connectivity index (χ3v) is 6.05. The smallest absolute Gasteiger partial charge is 0.254 e. The number of hydrogen-bond donors (Lipinski definition) is 2. The molecule has 5 nitrogen and oxygen atoms in total. The van der Waals surface area contributed by atoms with Gasteiger partial charge in [-0.05, 0) is 50.3 Å². The fraction of sp³-hybridized carbons (Fsp3) is 0.600. The van der Waals surface area contributed by atoms with E-state index in [1.165, 1.54) is 6.42 Å². The normalized spacial score (nSPS) is 31.6. The van der Waals surface area contributed by atoms with E-state index in [1.807, 2.05) is 35.2 Å². The summed E-state index contributed by atoms with van der Waals surface area (Å²) in [6.07, 6.45) is 6.32. The highest BCUT2D eigenvalue weighted by atomic mass is 16.2. The van der Waals surface area contributed by atoms with Gasteiger partial charge in [0.05, 0.1) is 0 Å². The molecule has 1 saturated carbocycles. The van der Waals surface area contributed by atoms with Crippen molar-refractivity contribution in [2.75, 3.05) is 13.1 Å². The fourth-order valence-electron chi connectivity index (χ4n) is 4.79. The third-order valence-electron chi connectivity index (χ3n) is 6.05. The molecule has 1 aromatic carbocycles. The van der Waals surface area contributed by atoms with E-state index < -0.39 is 0 Å². The van der Waals surface area contributed by atoms with Gasteiger partial charge >= 0.3 is 0 Å². The van der Waals surface area contributed by atoms with Gasteiger partial charge in [0, 0.05) is 24.2 Å². The molecule has 2 saturated heterocycles. The highest BCUT2D eigenvalue weighted by Crippen LogP contribution is 2.40. The van der Waals surface area contributed by atoms with Gasteiger partial charge < -0.3 is 15.5 Å². The number of benzene rings is 1. The minimum atomic E-state index is -0.318.